The van der Waals surface area contributed by atoms with Crippen molar-refractivity contribution in [3.05, 3.63) is 47.5 Å². The Bertz CT molecular complexity index is 752. The van der Waals surface area contributed by atoms with Crippen molar-refractivity contribution in [3.8, 4) is 11.5 Å². The molecule has 2 aromatic carbocycles. The van der Waals surface area contributed by atoms with E-state index in [9.17, 15) is 13.5 Å². The predicted molar refractivity (Wildman–Crippen MR) is 81.4 cm³/mol. The van der Waals surface area contributed by atoms with Crippen LogP contribution in [0.15, 0.2) is 41.3 Å². The monoisotopic (exact) mass is 307 g/mol. The molecule has 0 aliphatic rings. The maximum atomic E-state index is 12.5. The van der Waals surface area contributed by atoms with Crippen molar-refractivity contribution in [1.82, 2.24) is 0 Å². The number of ether oxygens (including phenoxy) is 1. The lowest BCUT2D eigenvalue weighted by Gasteiger charge is -2.13. The van der Waals surface area contributed by atoms with Crippen LogP contribution in [-0.4, -0.2) is 20.6 Å². The highest BCUT2D eigenvalue weighted by atomic mass is 32.2. The average Bonchev–Trinajstić information content (AvgIpc) is 2.43. The number of benzene rings is 2. The van der Waals surface area contributed by atoms with E-state index in [1.54, 1.807) is 12.1 Å². The third kappa shape index (κ3) is 3.28. The Labute approximate surface area is 124 Å². The van der Waals surface area contributed by atoms with Gasteiger partial charge in [-0.15, -0.1) is 0 Å². The van der Waals surface area contributed by atoms with Gasteiger partial charge in [-0.25, -0.2) is 8.42 Å². The van der Waals surface area contributed by atoms with Crippen LogP contribution in [0, 0.1) is 13.8 Å². The van der Waals surface area contributed by atoms with Crippen LogP contribution in [-0.2, 0) is 10.0 Å². The smallest absolute Gasteiger partial charge is 0.265 e. The second-order valence-corrected chi connectivity index (χ2v) is 6.39. The van der Waals surface area contributed by atoms with Crippen molar-refractivity contribution in [3.63, 3.8) is 0 Å². The summed E-state index contributed by atoms with van der Waals surface area (Å²) < 4.78 is 32.6. The fourth-order valence-corrected chi connectivity index (χ4v) is 3.17. The predicted octanol–water partition coefficient (Wildman–Crippen LogP) is 2.82. The molecule has 0 fully saturated rings. The van der Waals surface area contributed by atoms with Crippen molar-refractivity contribution in [2.75, 3.05) is 11.8 Å². The first-order valence-electron chi connectivity index (χ1n) is 6.30. The molecule has 2 rings (SSSR count). The minimum absolute atomic E-state index is 0.0710. The van der Waals surface area contributed by atoms with E-state index < -0.39 is 10.0 Å². The van der Waals surface area contributed by atoms with E-state index in [0.29, 0.717) is 11.4 Å². The number of anilines is 1. The van der Waals surface area contributed by atoms with Gasteiger partial charge in [0.2, 0.25) is 0 Å². The molecule has 0 saturated carbocycles. The topological polar surface area (TPSA) is 75.6 Å². The van der Waals surface area contributed by atoms with Crippen LogP contribution in [0.3, 0.4) is 0 Å². The zero-order valence-electron chi connectivity index (χ0n) is 12.0. The first kappa shape index (κ1) is 15.2. The van der Waals surface area contributed by atoms with Crippen molar-refractivity contribution < 1.29 is 18.3 Å². The first-order valence-corrected chi connectivity index (χ1v) is 7.79. The maximum Gasteiger partial charge on any atom is 0.265 e. The van der Waals surface area contributed by atoms with Crippen LogP contribution in [0.4, 0.5) is 5.69 Å². The lowest BCUT2D eigenvalue weighted by Crippen LogP contribution is -2.14. The second kappa shape index (κ2) is 5.65. The number of hydrogen-bond acceptors (Lipinski definition) is 4. The van der Waals surface area contributed by atoms with Crippen LogP contribution < -0.4 is 9.46 Å². The molecule has 5 nitrogen and oxygen atoms in total. The number of rotatable bonds is 4. The van der Waals surface area contributed by atoms with Gasteiger partial charge in [-0.3, -0.25) is 4.72 Å². The van der Waals surface area contributed by atoms with E-state index in [1.165, 1.54) is 31.4 Å². The largest absolute Gasteiger partial charge is 0.508 e. The standard InChI is InChI=1S/C15H17NO4S/c1-10-8-14(20-3)15(9-11(10)2)21(18,19)16-12-4-6-13(17)7-5-12/h4-9,16-17H,1-3H3. The number of phenolic OH excluding ortho intramolecular Hbond substituents is 1. The summed E-state index contributed by atoms with van der Waals surface area (Å²) in [6, 6.07) is 9.07. The second-order valence-electron chi connectivity index (χ2n) is 4.74. The summed E-state index contributed by atoms with van der Waals surface area (Å²) in [7, 11) is -2.33. The molecule has 0 amide bonds. The number of aromatic hydroxyl groups is 1. The van der Waals surface area contributed by atoms with Gasteiger partial charge in [0.1, 0.15) is 16.4 Å². The molecular formula is C15H17NO4S. The Hall–Kier alpha value is -2.21. The molecule has 0 spiro atoms. The van der Waals surface area contributed by atoms with Gasteiger partial charge in [0, 0.05) is 5.69 Å². The quantitative estimate of drug-likeness (QED) is 0.852. The molecule has 2 aromatic rings. The third-order valence-electron chi connectivity index (χ3n) is 3.19. The summed E-state index contributed by atoms with van der Waals surface area (Å²) in [5.74, 6) is 0.367. The summed E-state index contributed by atoms with van der Waals surface area (Å²) >= 11 is 0. The van der Waals surface area contributed by atoms with E-state index >= 15 is 0 Å². The fourth-order valence-electron chi connectivity index (χ4n) is 1.87. The van der Waals surface area contributed by atoms with E-state index in [2.05, 4.69) is 4.72 Å². The molecule has 6 heteroatoms. The molecule has 2 N–H and O–H groups in total. The fraction of sp³-hybridized carbons (Fsp3) is 0.200. The zero-order valence-corrected chi connectivity index (χ0v) is 12.9. The highest BCUT2D eigenvalue weighted by Crippen LogP contribution is 2.29. The maximum absolute atomic E-state index is 12.5. The summed E-state index contributed by atoms with van der Waals surface area (Å²) in [5.41, 5.74) is 2.19. The van der Waals surface area contributed by atoms with Gasteiger partial charge in [0.25, 0.3) is 10.0 Å². The van der Waals surface area contributed by atoms with Crippen LogP contribution in [0.2, 0.25) is 0 Å². The minimum Gasteiger partial charge on any atom is -0.508 e. The van der Waals surface area contributed by atoms with E-state index in [1.807, 2.05) is 13.8 Å². The van der Waals surface area contributed by atoms with Gasteiger partial charge < -0.3 is 9.84 Å². The summed E-state index contributed by atoms with van der Waals surface area (Å²) in [4.78, 5) is 0.0844. The number of aryl methyl sites for hydroxylation is 2. The van der Waals surface area contributed by atoms with Crippen LogP contribution in [0.25, 0.3) is 0 Å². The summed E-state index contributed by atoms with van der Waals surface area (Å²) in [5, 5.41) is 9.22. The van der Waals surface area contributed by atoms with E-state index in [-0.39, 0.29) is 10.6 Å². The molecule has 0 aliphatic heterocycles. The van der Waals surface area contributed by atoms with Crippen molar-refractivity contribution in [1.29, 1.82) is 0 Å². The number of sulfonamides is 1. The molecule has 0 aliphatic carbocycles. The third-order valence-corrected chi connectivity index (χ3v) is 4.59. The van der Waals surface area contributed by atoms with Gasteiger partial charge in [0.05, 0.1) is 7.11 Å². The Balaban J connectivity index is 2.44. The van der Waals surface area contributed by atoms with Crippen LogP contribution in [0.5, 0.6) is 11.5 Å². The van der Waals surface area contributed by atoms with Crippen molar-refractivity contribution >= 4 is 15.7 Å². The molecule has 0 heterocycles. The molecule has 112 valence electrons. The molecule has 0 radical (unpaired) electrons. The molecular weight excluding hydrogens is 290 g/mol. The van der Waals surface area contributed by atoms with E-state index in [4.69, 9.17) is 4.74 Å². The van der Waals surface area contributed by atoms with Gasteiger partial charge in [-0.1, -0.05) is 0 Å². The molecule has 0 atom stereocenters. The molecule has 0 unspecified atom stereocenters. The Kier molecular flexibility index (Phi) is 4.09. The van der Waals surface area contributed by atoms with Crippen molar-refractivity contribution in [2.45, 2.75) is 18.7 Å². The molecule has 0 aromatic heterocycles. The van der Waals surface area contributed by atoms with Gasteiger partial charge in [0.15, 0.2) is 0 Å². The molecule has 0 saturated heterocycles. The molecule has 0 bridgehead atoms. The lowest BCUT2D eigenvalue weighted by atomic mass is 10.1. The average molecular weight is 307 g/mol. The van der Waals surface area contributed by atoms with Gasteiger partial charge in [-0.2, -0.15) is 0 Å². The van der Waals surface area contributed by atoms with Crippen LogP contribution in [0.1, 0.15) is 11.1 Å². The zero-order chi connectivity index (χ0) is 15.6. The van der Waals surface area contributed by atoms with Gasteiger partial charge in [-0.05, 0) is 61.4 Å². The number of nitrogens with one attached hydrogen (secondary N) is 1. The molecule has 21 heavy (non-hydrogen) atoms. The van der Waals surface area contributed by atoms with Crippen LogP contribution >= 0.6 is 0 Å². The summed E-state index contributed by atoms with van der Waals surface area (Å²) in [6.45, 7) is 3.73. The lowest BCUT2D eigenvalue weighted by molar-refractivity contribution is 0.402. The van der Waals surface area contributed by atoms with E-state index in [0.717, 1.165) is 11.1 Å². The number of hydrogen-bond donors (Lipinski definition) is 2. The first-order chi connectivity index (χ1) is 9.83. The minimum atomic E-state index is -3.76. The SMILES string of the molecule is COc1cc(C)c(C)cc1S(=O)(=O)Nc1ccc(O)cc1. The highest BCUT2D eigenvalue weighted by Gasteiger charge is 2.20. The normalized spacial score (nSPS) is 11.2. The van der Waals surface area contributed by atoms with Crippen molar-refractivity contribution in [2.24, 2.45) is 0 Å². The Morgan fingerprint density at radius 2 is 1.62 bits per heavy atom. The Morgan fingerprint density at radius 3 is 2.19 bits per heavy atom. The Morgan fingerprint density at radius 1 is 1.05 bits per heavy atom. The van der Waals surface area contributed by atoms with Gasteiger partial charge >= 0.3 is 0 Å². The highest BCUT2D eigenvalue weighted by molar-refractivity contribution is 7.92. The summed E-state index contributed by atoms with van der Waals surface area (Å²) in [6.07, 6.45) is 0. The number of phenols is 1. The number of methoxy groups -OCH3 is 1.